The van der Waals surface area contributed by atoms with Gasteiger partial charge in [0.2, 0.25) is 0 Å². The van der Waals surface area contributed by atoms with Crippen LogP contribution in [0.25, 0.3) is 0 Å². The first-order valence-electron chi connectivity index (χ1n) is 8.47. The normalized spacial score (nSPS) is 11.4. The van der Waals surface area contributed by atoms with Gasteiger partial charge >= 0.3 is 12.1 Å². The molecule has 0 fully saturated rings. The molecule has 1 amide bonds. The van der Waals surface area contributed by atoms with Crippen LogP contribution in [0.5, 0.6) is 0 Å². The number of carbonyl (C=O) groups excluding carboxylic acids is 3. The first-order chi connectivity index (χ1) is 13.0. The fraction of sp³-hybridized carbons (Fsp3) is 0.250. The Labute approximate surface area is 162 Å². The predicted octanol–water partition coefficient (Wildman–Crippen LogP) is 4.44. The van der Waals surface area contributed by atoms with E-state index in [4.69, 9.17) is 21.1 Å². The van der Waals surface area contributed by atoms with Crippen LogP contribution in [0.2, 0.25) is 5.02 Å². The summed E-state index contributed by atoms with van der Waals surface area (Å²) in [5, 5.41) is 2.82. The van der Waals surface area contributed by atoms with Crippen LogP contribution in [0.4, 0.5) is 10.5 Å². The van der Waals surface area contributed by atoms with Crippen LogP contribution in [0.3, 0.4) is 0 Å². The molecule has 1 atom stereocenters. The van der Waals surface area contributed by atoms with Crippen molar-refractivity contribution in [2.24, 2.45) is 0 Å². The van der Waals surface area contributed by atoms with E-state index in [9.17, 15) is 14.4 Å². The van der Waals surface area contributed by atoms with Gasteiger partial charge in [-0.1, -0.05) is 41.9 Å². The highest BCUT2D eigenvalue weighted by molar-refractivity contribution is 6.31. The number of carbonyl (C=O) groups is 3. The first kappa shape index (κ1) is 20.5. The third-order valence-electron chi connectivity index (χ3n) is 3.68. The topological polar surface area (TPSA) is 81.7 Å². The maximum atomic E-state index is 13.2. The van der Waals surface area contributed by atoms with Gasteiger partial charge in [0.15, 0.2) is 5.78 Å². The summed E-state index contributed by atoms with van der Waals surface area (Å²) in [4.78, 5) is 37.5. The van der Waals surface area contributed by atoms with E-state index in [-0.39, 0.29) is 24.5 Å². The van der Waals surface area contributed by atoms with Crippen LogP contribution in [0.15, 0.2) is 48.5 Å². The van der Waals surface area contributed by atoms with E-state index in [1.807, 2.05) is 0 Å². The summed E-state index contributed by atoms with van der Waals surface area (Å²) in [6.45, 7) is 3.64. The zero-order chi connectivity index (χ0) is 19.8. The fourth-order valence-electron chi connectivity index (χ4n) is 2.53. The summed E-state index contributed by atoms with van der Waals surface area (Å²) in [5.41, 5.74) is 0.795. The molecule has 0 aliphatic carbocycles. The highest BCUT2D eigenvalue weighted by atomic mass is 35.5. The van der Waals surface area contributed by atoms with E-state index in [1.54, 1.807) is 44.2 Å². The molecular formula is C20H20ClNO5. The monoisotopic (exact) mass is 389 g/mol. The van der Waals surface area contributed by atoms with Gasteiger partial charge in [-0.05, 0) is 37.6 Å². The Kier molecular flexibility index (Phi) is 7.37. The molecule has 7 heteroatoms. The lowest BCUT2D eigenvalue weighted by Gasteiger charge is -2.17. The number of hydrogen-bond donors (Lipinski definition) is 1. The van der Waals surface area contributed by atoms with E-state index < -0.39 is 23.8 Å². The minimum Gasteiger partial charge on any atom is -0.465 e. The summed E-state index contributed by atoms with van der Waals surface area (Å²) >= 11 is 6.00. The van der Waals surface area contributed by atoms with Crippen LogP contribution < -0.4 is 5.32 Å². The molecule has 0 saturated heterocycles. The molecular weight excluding hydrogens is 370 g/mol. The Bertz CT molecular complexity index is 822. The summed E-state index contributed by atoms with van der Waals surface area (Å²) in [6, 6.07) is 13.0. The zero-order valence-corrected chi connectivity index (χ0v) is 15.8. The minimum absolute atomic E-state index is 0.134. The van der Waals surface area contributed by atoms with Crippen molar-refractivity contribution < 1.29 is 23.9 Å². The lowest BCUT2D eigenvalue weighted by atomic mass is 9.90. The molecule has 0 aliphatic heterocycles. The Hall–Kier alpha value is -2.86. The number of ether oxygens (including phenoxy) is 2. The number of hydrogen-bond acceptors (Lipinski definition) is 5. The van der Waals surface area contributed by atoms with E-state index in [1.165, 1.54) is 18.2 Å². The van der Waals surface area contributed by atoms with Gasteiger partial charge in [0.05, 0.1) is 18.9 Å². The number of benzene rings is 2. The molecule has 2 aromatic carbocycles. The molecule has 0 radical (unpaired) electrons. The molecule has 0 aliphatic rings. The van der Waals surface area contributed by atoms with Gasteiger partial charge in [-0.25, -0.2) is 4.79 Å². The standard InChI is InChI=1S/C20H20ClNO5/c1-3-26-19(24)17(13-8-6-5-7-9-13)18(23)15-11-10-14(21)12-16(15)22-20(25)27-4-2/h5-12,17H,3-4H2,1-2H3,(H,22,25). The lowest BCUT2D eigenvalue weighted by molar-refractivity contribution is -0.143. The molecule has 1 unspecified atom stereocenters. The van der Waals surface area contributed by atoms with Crippen LogP contribution in [-0.2, 0) is 14.3 Å². The van der Waals surface area contributed by atoms with Crippen LogP contribution in [-0.4, -0.2) is 31.1 Å². The third-order valence-corrected chi connectivity index (χ3v) is 3.91. The van der Waals surface area contributed by atoms with Gasteiger partial charge < -0.3 is 9.47 Å². The molecule has 142 valence electrons. The van der Waals surface area contributed by atoms with Crippen LogP contribution in [0.1, 0.15) is 35.7 Å². The Morgan fingerprint density at radius 3 is 2.30 bits per heavy atom. The number of esters is 1. The predicted molar refractivity (Wildman–Crippen MR) is 102 cm³/mol. The number of halogens is 1. The van der Waals surface area contributed by atoms with Crippen LogP contribution >= 0.6 is 11.6 Å². The summed E-state index contributed by atoms with van der Waals surface area (Å²) in [6.07, 6.45) is -0.721. The number of nitrogens with one attached hydrogen (secondary N) is 1. The summed E-state index contributed by atoms with van der Waals surface area (Å²) in [5.74, 6) is -2.33. The van der Waals surface area contributed by atoms with Gasteiger partial charge in [-0.15, -0.1) is 0 Å². The molecule has 2 rings (SSSR count). The third kappa shape index (κ3) is 5.31. The van der Waals surface area contributed by atoms with Gasteiger partial charge in [0.25, 0.3) is 0 Å². The second-order valence-corrected chi connectivity index (χ2v) is 5.93. The molecule has 0 spiro atoms. The van der Waals surface area contributed by atoms with Crippen molar-refractivity contribution in [2.45, 2.75) is 19.8 Å². The van der Waals surface area contributed by atoms with E-state index >= 15 is 0 Å². The van der Waals surface area contributed by atoms with Gasteiger partial charge in [-0.3, -0.25) is 14.9 Å². The maximum absolute atomic E-state index is 13.2. The average Bonchev–Trinajstić information content (AvgIpc) is 2.63. The van der Waals surface area contributed by atoms with Gasteiger partial charge in [0, 0.05) is 10.6 Å². The average molecular weight is 390 g/mol. The molecule has 0 bridgehead atoms. The van der Waals surface area contributed by atoms with E-state index in [0.29, 0.717) is 10.6 Å². The van der Waals surface area contributed by atoms with E-state index in [0.717, 1.165) is 0 Å². The number of rotatable bonds is 7. The van der Waals surface area contributed by atoms with Crippen molar-refractivity contribution in [3.05, 3.63) is 64.7 Å². The van der Waals surface area contributed by atoms with E-state index in [2.05, 4.69) is 5.32 Å². The number of ketones is 1. The SMILES string of the molecule is CCOC(=O)Nc1cc(Cl)ccc1C(=O)C(C(=O)OCC)c1ccccc1. The Balaban J connectivity index is 2.45. The van der Waals surface area contributed by atoms with Crippen molar-refractivity contribution in [3.8, 4) is 0 Å². The van der Waals surface area contributed by atoms with Crippen molar-refractivity contribution in [1.29, 1.82) is 0 Å². The largest absolute Gasteiger partial charge is 0.465 e. The van der Waals surface area contributed by atoms with Crippen molar-refractivity contribution in [2.75, 3.05) is 18.5 Å². The number of Topliss-reactive ketones (excluding diaryl/α,β-unsaturated/α-hetero) is 1. The molecule has 0 saturated carbocycles. The molecule has 0 heterocycles. The molecule has 6 nitrogen and oxygen atoms in total. The molecule has 1 N–H and O–H groups in total. The molecule has 2 aromatic rings. The highest BCUT2D eigenvalue weighted by Crippen LogP contribution is 2.29. The number of anilines is 1. The second kappa shape index (κ2) is 9.73. The Morgan fingerprint density at radius 1 is 1.00 bits per heavy atom. The smallest absolute Gasteiger partial charge is 0.411 e. The number of amides is 1. The fourth-order valence-corrected chi connectivity index (χ4v) is 2.71. The Morgan fingerprint density at radius 2 is 1.67 bits per heavy atom. The maximum Gasteiger partial charge on any atom is 0.411 e. The van der Waals surface area contributed by atoms with Crippen molar-refractivity contribution >= 4 is 35.1 Å². The molecule has 0 aromatic heterocycles. The van der Waals surface area contributed by atoms with Crippen LogP contribution in [0, 0.1) is 0 Å². The summed E-state index contributed by atoms with van der Waals surface area (Å²) < 4.78 is 9.94. The quantitative estimate of drug-likeness (QED) is 0.430. The highest BCUT2D eigenvalue weighted by Gasteiger charge is 2.32. The second-order valence-electron chi connectivity index (χ2n) is 5.50. The molecule has 27 heavy (non-hydrogen) atoms. The summed E-state index contributed by atoms with van der Waals surface area (Å²) in [7, 11) is 0. The minimum atomic E-state index is -1.16. The first-order valence-corrected chi connectivity index (χ1v) is 8.84. The van der Waals surface area contributed by atoms with Crippen molar-refractivity contribution in [1.82, 2.24) is 0 Å². The zero-order valence-electron chi connectivity index (χ0n) is 15.0. The van der Waals surface area contributed by atoms with Crippen molar-refractivity contribution in [3.63, 3.8) is 0 Å². The lowest BCUT2D eigenvalue weighted by Crippen LogP contribution is -2.26. The van der Waals surface area contributed by atoms with Gasteiger partial charge in [-0.2, -0.15) is 0 Å². The van der Waals surface area contributed by atoms with Gasteiger partial charge in [0.1, 0.15) is 5.92 Å².